The molecule has 1 atom stereocenters. The zero-order valence-corrected chi connectivity index (χ0v) is 17.1. The normalized spacial score (nSPS) is 15.8. The summed E-state index contributed by atoms with van der Waals surface area (Å²) >= 11 is 0. The third-order valence-corrected chi connectivity index (χ3v) is 4.78. The van der Waals surface area contributed by atoms with E-state index in [0.717, 1.165) is 22.6 Å². The molecule has 5 nitrogen and oxygen atoms in total. The van der Waals surface area contributed by atoms with E-state index in [1.165, 1.54) is 12.1 Å². The molecule has 0 bridgehead atoms. The van der Waals surface area contributed by atoms with Crippen molar-refractivity contribution in [1.82, 2.24) is 4.90 Å². The second kappa shape index (κ2) is 9.54. The predicted molar refractivity (Wildman–Crippen MR) is 110 cm³/mol. The average Bonchev–Trinajstić information content (AvgIpc) is 3.16. The highest BCUT2D eigenvalue weighted by molar-refractivity contribution is 6.01. The number of amides is 1. The number of methoxy groups -OCH3 is 1. The number of hydrogen-bond donors (Lipinski definition) is 0. The number of rotatable bonds is 8. The summed E-state index contributed by atoms with van der Waals surface area (Å²) in [6.45, 7) is 4.98. The summed E-state index contributed by atoms with van der Waals surface area (Å²) in [6.07, 6.45) is 0.828. The molecule has 0 spiro atoms. The van der Waals surface area contributed by atoms with Crippen molar-refractivity contribution in [2.24, 2.45) is 11.1 Å². The zero-order chi connectivity index (χ0) is 20.8. The van der Waals surface area contributed by atoms with Gasteiger partial charge in [-0.05, 0) is 41.3 Å². The van der Waals surface area contributed by atoms with Gasteiger partial charge in [-0.25, -0.2) is 4.39 Å². The Labute approximate surface area is 171 Å². The van der Waals surface area contributed by atoms with Gasteiger partial charge in [0.25, 0.3) is 0 Å². The highest BCUT2D eigenvalue weighted by Gasteiger charge is 2.27. The molecule has 154 valence electrons. The molecule has 1 heterocycles. The van der Waals surface area contributed by atoms with Crippen LogP contribution in [0.5, 0.6) is 5.75 Å². The van der Waals surface area contributed by atoms with Gasteiger partial charge in [-0.1, -0.05) is 43.3 Å². The van der Waals surface area contributed by atoms with Crippen LogP contribution in [0.15, 0.2) is 53.7 Å². The molecular formula is C23H27FN2O3. The van der Waals surface area contributed by atoms with Crippen LogP contribution >= 0.6 is 0 Å². The molecule has 0 saturated heterocycles. The molecule has 2 aromatic carbocycles. The van der Waals surface area contributed by atoms with Crippen LogP contribution < -0.4 is 4.74 Å². The largest absolute Gasteiger partial charge is 0.497 e. The molecule has 1 aliphatic heterocycles. The fourth-order valence-electron chi connectivity index (χ4n) is 3.31. The Morgan fingerprint density at radius 3 is 2.72 bits per heavy atom. The van der Waals surface area contributed by atoms with E-state index in [1.807, 2.05) is 43.0 Å². The van der Waals surface area contributed by atoms with Gasteiger partial charge in [0.15, 0.2) is 6.10 Å². The Hall–Kier alpha value is -2.89. The van der Waals surface area contributed by atoms with Crippen LogP contribution in [0.2, 0.25) is 0 Å². The minimum absolute atomic E-state index is 0.0849. The van der Waals surface area contributed by atoms with Crippen molar-refractivity contribution in [3.8, 4) is 5.75 Å². The molecular weight excluding hydrogens is 371 g/mol. The van der Waals surface area contributed by atoms with Crippen molar-refractivity contribution < 1.29 is 18.8 Å². The Morgan fingerprint density at radius 1 is 1.28 bits per heavy atom. The topological polar surface area (TPSA) is 51.1 Å². The molecule has 29 heavy (non-hydrogen) atoms. The van der Waals surface area contributed by atoms with Crippen LogP contribution in [0, 0.1) is 11.7 Å². The number of halogens is 1. The lowest BCUT2D eigenvalue weighted by Crippen LogP contribution is -2.37. The molecule has 0 saturated carbocycles. The number of nitrogens with zero attached hydrogens (tertiary/aromatic N) is 2. The third kappa shape index (κ3) is 5.79. The highest BCUT2D eigenvalue weighted by Crippen LogP contribution is 2.21. The molecule has 1 amide bonds. The summed E-state index contributed by atoms with van der Waals surface area (Å²) < 4.78 is 18.4. The summed E-state index contributed by atoms with van der Waals surface area (Å²) in [6, 6.07) is 13.9. The summed E-state index contributed by atoms with van der Waals surface area (Å²) in [5, 5.41) is 4.16. The van der Waals surface area contributed by atoms with Gasteiger partial charge in [-0.2, -0.15) is 0 Å². The molecule has 0 aliphatic carbocycles. The molecule has 0 radical (unpaired) electrons. The van der Waals surface area contributed by atoms with Gasteiger partial charge in [-0.15, -0.1) is 0 Å². The number of benzene rings is 2. The minimum atomic E-state index is -0.284. The summed E-state index contributed by atoms with van der Waals surface area (Å²) in [7, 11) is 1.63. The molecule has 0 unspecified atom stereocenters. The van der Waals surface area contributed by atoms with E-state index < -0.39 is 0 Å². The first-order valence-corrected chi connectivity index (χ1v) is 9.84. The summed E-state index contributed by atoms with van der Waals surface area (Å²) in [5.41, 5.74) is 2.61. The zero-order valence-electron chi connectivity index (χ0n) is 17.1. The third-order valence-electron chi connectivity index (χ3n) is 4.78. The second-order valence-electron chi connectivity index (χ2n) is 7.70. The van der Waals surface area contributed by atoms with Crippen LogP contribution in [0.4, 0.5) is 4.39 Å². The van der Waals surface area contributed by atoms with Gasteiger partial charge in [-0.3, -0.25) is 4.79 Å². The van der Waals surface area contributed by atoms with Crippen molar-refractivity contribution in [3.63, 3.8) is 0 Å². The predicted octanol–water partition coefficient (Wildman–Crippen LogP) is 4.40. The molecule has 6 heteroatoms. The first kappa shape index (κ1) is 20.8. The lowest BCUT2D eigenvalue weighted by molar-refractivity contribution is -0.134. The molecule has 0 N–H and O–H groups in total. The number of hydrogen-bond acceptors (Lipinski definition) is 4. The number of oxime groups is 1. The van der Waals surface area contributed by atoms with E-state index in [9.17, 15) is 9.18 Å². The van der Waals surface area contributed by atoms with Gasteiger partial charge in [0.1, 0.15) is 11.6 Å². The summed E-state index contributed by atoms with van der Waals surface area (Å²) in [4.78, 5) is 20.3. The average molecular weight is 398 g/mol. The Morgan fingerprint density at radius 2 is 2.03 bits per heavy atom. The molecule has 1 aliphatic rings. The van der Waals surface area contributed by atoms with Crippen molar-refractivity contribution in [2.75, 3.05) is 13.7 Å². The van der Waals surface area contributed by atoms with E-state index in [1.54, 1.807) is 19.2 Å². The number of carbonyl (C=O) groups excluding carboxylic acids is 1. The first-order chi connectivity index (χ1) is 13.9. The van der Waals surface area contributed by atoms with Crippen molar-refractivity contribution >= 4 is 11.6 Å². The van der Waals surface area contributed by atoms with Crippen LogP contribution in [-0.2, 0) is 16.2 Å². The monoisotopic (exact) mass is 398 g/mol. The van der Waals surface area contributed by atoms with E-state index in [0.29, 0.717) is 25.9 Å². The van der Waals surface area contributed by atoms with Gasteiger partial charge < -0.3 is 14.5 Å². The van der Waals surface area contributed by atoms with Crippen molar-refractivity contribution in [1.29, 1.82) is 0 Å². The van der Waals surface area contributed by atoms with E-state index in [2.05, 4.69) is 5.16 Å². The highest BCUT2D eigenvalue weighted by atomic mass is 19.1. The molecule has 0 fully saturated rings. The Bertz CT molecular complexity index is 865. The maximum absolute atomic E-state index is 13.2. The maximum Gasteiger partial charge on any atom is 0.223 e. The molecule has 3 rings (SSSR count). The summed E-state index contributed by atoms with van der Waals surface area (Å²) in [5.74, 6) is 0.832. The quantitative estimate of drug-likeness (QED) is 0.662. The van der Waals surface area contributed by atoms with E-state index >= 15 is 0 Å². The molecule has 0 aromatic heterocycles. The van der Waals surface area contributed by atoms with Crippen molar-refractivity contribution in [2.45, 2.75) is 39.3 Å². The van der Waals surface area contributed by atoms with Crippen LogP contribution in [0.25, 0.3) is 0 Å². The van der Waals surface area contributed by atoms with Crippen LogP contribution in [-0.4, -0.2) is 36.3 Å². The Kier molecular flexibility index (Phi) is 6.86. The van der Waals surface area contributed by atoms with Gasteiger partial charge in [0, 0.05) is 19.4 Å². The second-order valence-corrected chi connectivity index (χ2v) is 7.70. The Balaban J connectivity index is 1.68. The van der Waals surface area contributed by atoms with Gasteiger partial charge in [0.05, 0.1) is 19.4 Å². The maximum atomic E-state index is 13.2. The van der Waals surface area contributed by atoms with Gasteiger partial charge in [0.2, 0.25) is 5.91 Å². The first-order valence-electron chi connectivity index (χ1n) is 9.84. The fourth-order valence-corrected chi connectivity index (χ4v) is 3.31. The van der Waals surface area contributed by atoms with Crippen LogP contribution in [0.3, 0.4) is 0 Å². The van der Waals surface area contributed by atoms with E-state index in [-0.39, 0.29) is 23.7 Å². The van der Waals surface area contributed by atoms with E-state index in [4.69, 9.17) is 9.57 Å². The fraction of sp³-hybridized carbons (Fsp3) is 0.391. The molecule has 2 aromatic rings. The minimum Gasteiger partial charge on any atom is -0.497 e. The number of ether oxygens (including phenoxy) is 1. The lowest BCUT2D eigenvalue weighted by atomic mass is 10.0. The van der Waals surface area contributed by atoms with Crippen LogP contribution in [0.1, 0.15) is 37.8 Å². The van der Waals surface area contributed by atoms with Crippen molar-refractivity contribution in [3.05, 3.63) is 65.5 Å². The number of carbonyl (C=O) groups is 1. The lowest BCUT2D eigenvalue weighted by Gasteiger charge is -2.26. The smallest absolute Gasteiger partial charge is 0.223 e. The van der Waals surface area contributed by atoms with Gasteiger partial charge >= 0.3 is 0 Å². The SMILES string of the molecule is COc1cccc(CN(C[C@H]2CC(c3ccc(F)cc3)=NO2)C(=O)CC(C)C)c1. The standard InChI is InChI=1S/C23H27FN2O3/c1-16(2)11-23(27)26(14-17-5-4-6-20(12-17)28-3)15-21-13-22(25-29-21)18-7-9-19(24)10-8-18/h4-10,12,16,21H,11,13-15H2,1-3H3/t21-/m1/s1.